The summed E-state index contributed by atoms with van der Waals surface area (Å²) in [6.45, 7) is 6.86. The Kier molecular flexibility index (Phi) is 2.81. The SMILES string of the molecule is CCc1[nH]c2cn(CC)nc2c(=O)c1CC. The van der Waals surface area contributed by atoms with Crippen molar-refractivity contribution in [2.24, 2.45) is 0 Å². The Morgan fingerprint density at radius 1 is 1.31 bits per heavy atom. The summed E-state index contributed by atoms with van der Waals surface area (Å²) in [6.07, 6.45) is 3.51. The van der Waals surface area contributed by atoms with E-state index in [2.05, 4.69) is 17.0 Å². The van der Waals surface area contributed by atoms with E-state index in [9.17, 15) is 4.79 Å². The van der Waals surface area contributed by atoms with E-state index in [0.29, 0.717) is 5.52 Å². The molecule has 0 saturated heterocycles. The molecule has 0 aromatic carbocycles. The van der Waals surface area contributed by atoms with Gasteiger partial charge in [0, 0.05) is 24.0 Å². The van der Waals surface area contributed by atoms with Gasteiger partial charge in [-0.15, -0.1) is 0 Å². The number of nitrogens with zero attached hydrogens (tertiary/aromatic N) is 2. The first-order chi connectivity index (χ1) is 7.71. The number of hydrogen-bond acceptors (Lipinski definition) is 2. The predicted octanol–water partition coefficient (Wildman–Crippen LogP) is 1.87. The van der Waals surface area contributed by atoms with Crippen LogP contribution in [0.5, 0.6) is 0 Å². The third kappa shape index (κ3) is 1.54. The molecule has 16 heavy (non-hydrogen) atoms. The maximum atomic E-state index is 12.2. The fourth-order valence-electron chi connectivity index (χ4n) is 2.04. The Balaban J connectivity index is 2.79. The van der Waals surface area contributed by atoms with E-state index in [1.54, 1.807) is 4.68 Å². The van der Waals surface area contributed by atoms with Crippen LogP contribution in [0.15, 0.2) is 11.0 Å². The molecule has 0 amide bonds. The summed E-state index contributed by atoms with van der Waals surface area (Å²) in [5.41, 5.74) is 3.41. The van der Waals surface area contributed by atoms with Crippen LogP contribution < -0.4 is 5.43 Å². The van der Waals surface area contributed by atoms with E-state index in [1.807, 2.05) is 20.0 Å². The van der Waals surface area contributed by atoms with Crippen molar-refractivity contribution in [2.75, 3.05) is 0 Å². The van der Waals surface area contributed by atoms with Crippen LogP contribution in [0.1, 0.15) is 32.0 Å². The van der Waals surface area contributed by atoms with E-state index in [-0.39, 0.29) is 5.43 Å². The first kappa shape index (κ1) is 10.9. The molecule has 0 aliphatic heterocycles. The lowest BCUT2D eigenvalue weighted by Gasteiger charge is -2.04. The fourth-order valence-corrected chi connectivity index (χ4v) is 2.04. The fraction of sp³-hybridized carbons (Fsp3) is 0.500. The number of H-pyrrole nitrogens is 1. The van der Waals surface area contributed by atoms with Crippen LogP contribution in [0.2, 0.25) is 0 Å². The number of fused-ring (bicyclic) bond motifs is 1. The van der Waals surface area contributed by atoms with Crippen molar-refractivity contribution in [3.05, 3.63) is 27.7 Å². The molecule has 0 radical (unpaired) electrons. The van der Waals surface area contributed by atoms with Crippen LogP contribution in [-0.2, 0) is 19.4 Å². The number of nitrogens with one attached hydrogen (secondary N) is 1. The second kappa shape index (κ2) is 4.12. The number of pyridine rings is 1. The van der Waals surface area contributed by atoms with Crippen LogP contribution in [0.4, 0.5) is 0 Å². The summed E-state index contributed by atoms with van der Waals surface area (Å²) >= 11 is 0. The minimum atomic E-state index is 0.0836. The van der Waals surface area contributed by atoms with Crippen molar-refractivity contribution in [2.45, 2.75) is 40.2 Å². The molecule has 2 rings (SSSR count). The van der Waals surface area contributed by atoms with Gasteiger partial charge in [-0.05, 0) is 19.8 Å². The van der Waals surface area contributed by atoms with E-state index < -0.39 is 0 Å². The molecule has 0 bridgehead atoms. The molecule has 1 N–H and O–H groups in total. The molecule has 4 nitrogen and oxygen atoms in total. The largest absolute Gasteiger partial charge is 0.355 e. The van der Waals surface area contributed by atoms with E-state index in [4.69, 9.17) is 0 Å². The molecule has 2 aromatic heterocycles. The van der Waals surface area contributed by atoms with Crippen LogP contribution >= 0.6 is 0 Å². The lowest BCUT2D eigenvalue weighted by Crippen LogP contribution is -2.14. The Morgan fingerprint density at radius 2 is 2.06 bits per heavy atom. The van der Waals surface area contributed by atoms with Gasteiger partial charge in [-0.1, -0.05) is 13.8 Å². The second-order valence-electron chi connectivity index (χ2n) is 3.87. The van der Waals surface area contributed by atoms with Gasteiger partial charge < -0.3 is 4.98 Å². The van der Waals surface area contributed by atoms with E-state index >= 15 is 0 Å². The molecule has 0 atom stereocenters. The molecule has 0 aliphatic carbocycles. The lowest BCUT2D eigenvalue weighted by molar-refractivity contribution is 0.667. The van der Waals surface area contributed by atoms with E-state index in [1.165, 1.54) is 0 Å². The van der Waals surface area contributed by atoms with Gasteiger partial charge in [0.25, 0.3) is 0 Å². The smallest absolute Gasteiger partial charge is 0.213 e. The zero-order valence-corrected chi connectivity index (χ0v) is 10.0. The number of aryl methyl sites for hydroxylation is 2. The molecule has 2 heterocycles. The molecule has 2 aromatic rings. The van der Waals surface area contributed by atoms with Crippen LogP contribution in [-0.4, -0.2) is 14.8 Å². The van der Waals surface area contributed by atoms with Crippen molar-refractivity contribution in [1.29, 1.82) is 0 Å². The Hall–Kier alpha value is -1.58. The molecular formula is C12H17N3O. The average Bonchev–Trinajstić information content (AvgIpc) is 2.72. The first-order valence-corrected chi connectivity index (χ1v) is 5.82. The third-order valence-electron chi connectivity index (χ3n) is 2.93. The molecule has 0 aliphatic rings. The summed E-state index contributed by atoms with van der Waals surface area (Å²) in [7, 11) is 0. The molecule has 0 spiro atoms. The van der Waals surface area contributed by atoms with Crippen molar-refractivity contribution in [1.82, 2.24) is 14.8 Å². The number of rotatable bonds is 3. The highest BCUT2D eigenvalue weighted by Gasteiger charge is 2.11. The molecule has 4 heteroatoms. The van der Waals surface area contributed by atoms with Gasteiger partial charge in [-0.2, -0.15) is 5.10 Å². The molecular weight excluding hydrogens is 202 g/mol. The maximum absolute atomic E-state index is 12.2. The topological polar surface area (TPSA) is 50.7 Å². The van der Waals surface area contributed by atoms with Crippen LogP contribution in [0.25, 0.3) is 11.0 Å². The highest BCUT2D eigenvalue weighted by atomic mass is 16.1. The summed E-state index contributed by atoms with van der Waals surface area (Å²) in [5.74, 6) is 0. The third-order valence-corrected chi connectivity index (χ3v) is 2.93. The summed E-state index contributed by atoms with van der Waals surface area (Å²) in [5, 5.41) is 4.29. The first-order valence-electron chi connectivity index (χ1n) is 5.82. The maximum Gasteiger partial charge on any atom is 0.213 e. The Bertz CT molecular complexity index is 565. The number of aromatic nitrogens is 3. The molecule has 0 fully saturated rings. The highest BCUT2D eigenvalue weighted by Crippen LogP contribution is 2.11. The Morgan fingerprint density at radius 3 is 2.62 bits per heavy atom. The molecule has 0 unspecified atom stereocenters. The molecule has 86 valence electrons. The van der Waals surface area contributed by atoms with Gasteiger partial charge in [0.2, 0.25) is 5.43 Å². The van der Waals surface area contributed by atoms with E-state index in [0.717, 1.165) is 36.2 Å². The zero-order chi connectivity index (χ0) is 11.7. The van der Waals surface area contributed by atoms with Crippen molar-refractivity contribution >= 4 is 11.0 Å². The lowest BCUT2D eigenvalue weighted by atomic mass is 10.1. The summed E-state index contributed by atoms with van der Waals surface area (Å²) < 4.78 is 1.79. The normalized spacial score (nSPS) is 11.2. The van der Waals surface area contributed by atoms with Crippen molar-refractivity contribution in [3.8, 4) is 0 Å². The van der Waals surface area contributed by atoms with Gasteiger partial charge >= 0.3 is 0 Å². The number of hydrogen-bond donors (Lipinski definition) is 1. The van der Waals surface area contributed by atoms with Gasteiger partial charge in [0.15, 0.2) is 5.52 Å². The van der Waals surface area contributed by atoms with Crippen LogP contribution in [0.3, 0.4) is 0 Å². The summed E-state index contributed by atoms with van der Waals surface area (Å²) in [6, 6.07) is 0. The van der Waals surface area contributed by atoms with Gasteiger partial charge in [0.1, 0.15) is 0 Å². The predicted molar refractivity (Wildman–Crippen MR) is 64.8 cm³/mol. The molecule has 0 saturated carbocycles. The van der Waals surface area contributed by atoms with Crippen LogP contribution in [0, 0.1) is 0 Å². The minimum absolute atomic E-state index is 0.0836. The van der Waals surface area contributed by atoms with Gasteiger partial charge in [-0.25, -0.2) is 0 Å². The van der Waals surface area contributed by atoms with Crippen molar-refractivity contribution in [3.63, 3.8) is 0 Å². The summed E-state index contributed by atoms with van der Waals surface area (Å²) in [4.78, 5) is 15.5. The highest BCUT2D eigenvalue weighted by molar-refractivity contribution is 5.74. The quantitative estimate of drug-likeness (QED) is 0.856. The minimum Gasteiger partial charge on any atom is -0.355 e. The zero-order valence-electron chi connectivity index (χ0n) is 10.0. The van der Waals surface area contributed by atoms with Gasteiger partial charge in [-0.3, -0.25) is 9.48 Å². The Labute approximate surface area is 94.3 Å². The standard InChI is InChI=1S/C12H17N3O/c1-4-8-9(5-2)13-10-7-15(6-3)14-11(10)12(8)16/h7,13H,4-6H2,1-3H3. The second-order valence-corrected chi connectivity index (χ2v) is 3.87. The number of aromatic amines is 1. The van der Waals surface area contributed by atoms with Gasteiger partial charge in [0.05, 0.1) is 5.52 Å². The van der Waals surface area contributed by atoms with Crippen molar-refractivity contribution < 1.29 is 0 Å². The average molecular weight is 219 g/mol. The monoisotopic (exact) mass is 219 g/mol.